The summed E-state index contributed by atoms with van der Waals surface area (Å²) in [4.78, 5) is 8.36. The van der Waals surface area contributed by atoms with Gasteiger partial charge in [-0.05, 0) is 38.2 Å². The molecule has 1 aliphatic rings. The minimum atomic E-state index is 0.379. The molecule has 2 rings (SSSR count). The molecule has 0 amide bonds. The van der Waals surface area contributed by atoms with Crippen molar-refractivity contribution in [3.8, 4) is 0 Å². The second-order valence-electron chi connectivity index (χ2n) is 4.15. The summed E-state index contributed by atoms with van der Waals surface area (Å²) in [7, 11) is 0. The van der Waals surface area contributed by atoms with Crippen LogP contribution in [0.25, 0.3) is 0 Å². The van der Waals surface area contributed by atoms with E-state index in [1.54, 1.807) is 6.20 Å². The van der Waals surface area contributed by atoms with Gasteiger partial charge >= 0.3 is 0 Å². The molecule has 0 saturated heterocycles. The Kier molecular flexibility index (Phi) is 3.41. The van der Waals surface area contributed by atoms with Crippen LogP contribution in [0, 0.1) is 12.8 Å². The zero-order valence-corrected chi connectivity index (χ0v) is 9.67. The van der Waals surface area contributed by atoms with Crippen molar-refractivity contribution in [2.45, 2.75) is 31.6 Å². The number of alkyl halides is 1. The molecule has 0 bridgehead atoms. The summed E-state index contributed by atoms with van der Waals surface area (Å²) in [5, 5.41) is 3.72. The average molecular weight is 226 g/mol. The fraction of sp³-hybridized carbons (Fsp3) is 0.636. The Hall–Kier alpha value is -0.830. The van der Waals surface area contributed by atoms with Gasteiger partial charge in [-0.15, -0.1) is 11.6 Å². The van der Waals surface area contributed by atoms with E-state index >= 15 is 0 Å². The van der Waals surface area contributed by atoms with Crippen molar-refractivity contribution in [3.63, 3.8) is 0 Å². The largest absolute Gasteiger partial charge is 0.370 e. The van der Waals surface area contributed by atoms with Crippen LogP contribution in [0.2, 0.25) is 0 Å². The second kappa shape index (κ2) is 4.79. The molecule has 0 aromatic carbocycles. The predicted molar refractivity (Wildman–Crippen MR) is 62.2 cm³/mol. The third-order valence-electron chi connectivity index (χ3n) is 2.83. The molecule has 0 aliphatic heterocycles. The molecule has 15 heavy (non-hydrogen) atoms. The quantitative estimate of drug-likeness (QED) is 0.804. The van der Waals surface area contributed by atoms with E-state index in [1.165, 1.54) is 6.42 Å². The molecule has 82 valence electrons. The van der Waals surface area contributed by atoms with Crippen molar-refractivity contribution in [1.82, 2.24) is 9.97 Å². The molecule has 1 aliphatic carbocycles. The summed E-state index contributed by atoms with van der Waals surface area (Å²) in [5.41, 5.74) is 0. The van der Waals surface area contributed by atoms with Gasteiger partial charge in [0.25, 0.3) is 0 Å². The molecular formula is C11H16ClN3. The highest BCUT2D eigenvalue weighted by Gasteiger charge is 2.22. The summed E-state index contributed by atoms with van der Waals surface area (Å²) in [6.45, 7) is 2.87. The highest BCUT2D eigenvalue weighted by molar-refractivity contribution is 6.20. The van der Waals surface area contributed by atoms with E-state index in [-0.39, 0.29) is 0 Å². The van der Waals surface area contributed by atoms with Gasteiger partial charge in [-0.3, -0.25) is 0 Å². The van der Waals surface area contributed by atoms with Crippen molar-refractivity contribution in [2.75, 3.05) is 11.9 Å². The van der Waals surface area contributed by atoms with Gasteiger partial charge in [0, 0.05) is 18.1 Å². The molecule has 0 radical (unpaired) electrons. The predicted octanol–water partition coefficient (Wildman–Crippen LogP) is 2.60. The average Bonchev–Trinajstić information content (AvgIpc) is 2.62. The van der Waals surface area contributed by atoms with E-state index in [1.807, 2.05) is 13.0 Å². The van der Waals surface area contributed by atoms with Gasteiger partial charge in [-0.1, -0.05) is 0 Å². The Balaban J connectivity index is 1.83. The fourth-order valence-electron chi connectivity index (χ4n) is 2.00. The van der Waals surface area contributed by atoms with Crippen molar-refractivity contribution < 1.29 is 0 Å². The fourth-order valence-corrected chi connectivity index (χ4v) is 2.38. The van der Waals surface area contributed by atoms with Crippen LogP contribution < -0.4 is 5.32 Å². The molecule has 3 nitrogen and oxygen atoms in total. The summed E-state index contributed by atoms with van der Waals surface area (Å²) < 4.78 is 0. The first-order chi connectivity index (χ1) is 7.24. The van der Waals surface area contributed by atoms with Gasteiger partial charge < -0.3 is 5.32 Å². The normalized spacial score (nSPS) is 25.5. The first-order valence-corrected chi connectivity index (χ1v) is 5.85. The number of anilines is 1. The number of aromatic nitrogens is 2. The van der Waals surface area contributed by atoms with Gasteiger partial charge in [-0.2, -0.15) is 0 Å². The van der Waals surface area contributed by atoms with Gasteiger partial charge in [0.1, 0.15) is 11.6 Å². The monoisotopic (exact) mass is 225 g/mol. The summed E-state index contributed by atoms with van der Waals surface area (Å²) >= 11 is 6.06. The maximum Gasteiger partial charge on any atom is 0.129 e. The van der Waals surface area contributed by atoms with Gasteiger partial charge in [0.2, 0.25) is 0 Å². The first-order valence-electron chi connectivity index (χ1n) is 5.41. The topological polar surface area (TPSA) is 37.8 Å². The van der Waals surface area contributed by atoms with E-state index < -0.39 is 0 Å². The van der Waals surface area contributed by atoms with E-state index in [0.29, 0.717) is 11.3 Å². The maximum absolute atomic E-state index is 6.06. The smallest absolute Gasteiger partial charge is 0.129 e. The van der Waals surface area contributed by atoms with Crippen LogP contribution in [-0.2, 0) is 0 Å². The number of halogens is 1. The van der Waals surface area contributed by atoms with E-state index in [4.69, 9.17) is 11.6 Å². The Morgan fingerprint density at radius 1 is 1.53 bits per heavy atom. The number of hydrogen-bond acceptors (Lipinski definition) is 3. The SMILES string of the molecule is Cc1nccc(NCC2CCC(Cl)C2)n1. The minimum Gasteiger partial charge on any atom is -0.370 e. The zero-order chi connectivity index (χ0) is 10.7. The van der Waals surface area contributed by atoms with Crippen molar-refractivity contribution in [3.05, 3.63) is 18.1 Å². The van der Waals surface area contributed by atoms with Crippen molar-refractivity contribution in [2.24, 2.45) is 5.92 Å². The van der Waals surface area contributed by atoms with E-state index in [0.717, 1.165) is 31.0 Å². The second-order valence-corrected chi connectivity index (χ2v) is 4.76. The van der Waals surface area contributed by atoms with Crippen molar-refractivity contribution in [1.29, 1.82) is 0 Å². The summed E-state index contributed by atoms with van der Waals surface area (Å²) in [6, 6.07) is 1.90. The van der Waals surface area contributed by atoms with Gasteiger partial charge in [0.05, 0.1) is 0 Å². The van der Waals surface area contributed by atoms with Crippen LogP contribution >= 0.6 is 11.6 Å². The molecule has 1 aromatic heterocycles. The highest BCUT2D eigenvalue weighted by Crippen LogP contribution is 2.29. The molecule has 2 atom stereocenters. The maximum atomic E-state index is 6.06. The molecule has 4 heteroatoms. The van der Waals surface area contributed by atoms with Crippen molar-refractivity contribution >= 4 is 17.4 Å². The van der Waals surface area contributed by atoms with Crippen LogP contribution in [-0.4, -0.2) is 21.9 Å². The lowest BCUT2D eigenvalue weighted by Gasteiger charge is -2.11. The number of hydrogen-bond donors (Lipinski definition) is 1. The van der Waals surface area contributed by atoms with Crippen LogP contribution in [0.4, 0.5) is 5.82 Å². The molecule has 1 aromatic rings. The molecule has 1 fully saturated rings. The third-order valence-corrected chi connectivity index (χ3v) is 3.22. The molecular weight excluding hydrogens is 210 g/mol. The van der Waals surface area contributed by atoms with Gasteiger partial charge in [-0.25, -0.2) is 9.97 Å². The standard InChI is InChI=1S/C11H16ClN3/c1-8-13-5-4-11(15-8)14-7-9-2-3-10(12)6-9/h4-5,9-10H,2-3,6-7H2,1H3,(H,13,14,15). The van der Waals surface area contributed by atoms with Crippen LogP contribution in [0.15, 0.2) is 12.3 Å². The lowest BCUT2D eigenvalue weighted by molar-refractivity contribution is 0.579. The molecule has 0 spiro atoms. The zero-order valence-electron chi connectivity index (χ0n) is 8.91. The number of aryl methyl sites for hydroxylation is 1. The molecule has 1 N–H and O–H groups in total. The Morgan fingerprint density at radius 2 is 2.40 bits per heavy atom. The molecule has 1 saturated carbocycles. The van der Waals surface area contributed by atoms with E-state index in [9.17, 15) is 0 Å². The third kappa shape index (κ3) is 3.06. The Morgan fingerprint density at radius 3 is 3.07 bits per heavy atom. The Bertz CT molecular complexity index is 329. The number of nitrogens with zero attached hydrogens (tertiary/aromatic N) is 2. The number of rotatable bonds is 3. The minimum absolute atomic E-state index is 0.379. The summed E-state index contributed by atoms with van der Waals surface area (Å²) in [6.07, 6.45) is 5.28. The first kappa shape index (κ1) is 10.7. The van der Waals surface area contributed by atoms with Gasteiger partial charge in [0.15, 0.2) is 0 Å². The van der Waals surface area contributed by atoms with E-state index in [2.05, 4.69) is 15.3 Å². The van der Waals surface area contributed by atoms with Crippen LogP contribution in [0.5, 0.6) is 0 Å². The van der Waals surface area contributed by atoms with Crippen LogP contribution in [0.3, 0.4) is 0 Å². The lowest BCUT2D eigenvalue weighted by Crippen LogP contribution is -2.12. The highest BCUT2D eigenvalue weighted by atomic mass is 35.5. The Labute approximate surface area is 95.3 Å². The lowest BCUT2D eigenvalue weighted by atomic mass is 10.1. The van der Waals surface area contributed by atoms with Crippen LogP contribution in [0.1, 0.15) is 25.1 Å². The number of nitrogens with one attached hydrogen (secondary N) is 1. The molecule has 1 heterocycles. The molecule has 2 unspecified atom stereocenters. The summed E-state index contributed by atoms with van der Waals surface area (Å²) in [5.74, 6) is 2.42.